The SMILES string of the molecule is CCOC(=O)c1ccc(Cl)c(OC)c1N. The highest BCUT2D eigenvalue weighted by Gasteiger charge is 2.16. The summed E-state index contributed by atoms with van der Waals surface area (Å²) in [6.07, 6.45) is 0. The fourth-order valence-corrected chi connectivity index (χ4v) is 1.41. The Kier molecular flexibility index (Phi) is 3.80. The molecule has 0 saturated carbocycles. The van der Waals surface area contributed by atoms with E-state index in [1.807, 2.05) is 0 Å². The Morgan fingerprint density at radius 1 is 1.53 bits per heavy atom. The number of carbonyl (C=O) groups excluding carboxylic acids is 1. The Hall–Kier alpha value is -1.42. The first-order chi connectivity index (χ1) is 7.11. The van der Waals surface area contributed by atoms with E-state index in [1.54, 1.807) is 13.0 Å². The molecule has 1 rings (SSSR count). The highest BCUT2D eigenvalue weighted by Crippen LogP contribution is 2.33. The fourth-order valence-electron chi connectivity index (χ4n) is 1.17. The first-order valence-corrected chi connectivity index (χ1v) is 4.78. The van der Waals surface area contributed by atoms with Crippen LogP contribution in [0.2, 0.25) is 5.02 Å². The molecule has 0 radical (unpaired) electrons. The monoisotopic (exact) mass is 229 g/mol. The van der Waals surface area contributed by atoms with Crippen LogP contribution in [-0.2, 0) is 4.74 Å². The number of methoxy groups -OCH3 is 1. The number of hydrogen-bond acceptors (Lipinski definition) is 4. The number of anilines is 1. The van der Waals surface area contributed by atoms with Crippen LogP contribution in [0.25, 0.3) is 0 Å². The molecule has 0 aliphatic heterocycles. The van der Waals surface area contributed by atoms with Crippen molar-refractivity contribution in [3.63, 3.8) is 0 Å². The predicted octanol–water partition coefficient (Wildman–Crippen LogP) is 2.11. The van der Waals surface area contributed by atoms with Crippen LogP contribution in [0.5, 0.6) is 5.75 Å². The van der Waals surface area contributed by atoms with E-state index < -0.39 is 5.97 Å². The summed E-state index contributed by atoms with van der Waals surface area (Å²) in [5.41, 5.74) is 6.18. The zero-order valence-electron chi connectivity index (χ0n) is 8.54. The van der Waals surface area contributed by atoms with Crippen molar-refractivity contribution in [3.8, 4) is 5.75 Å². The molecule has 0 aliphatic rings. The minimum atomic E-state index is -0.482. The van der Waals surface area contributed by atoms with Gasteiger partial charge in [0, 0.05) is 0 Å². The Morgan fingerprint density at radius 3 is 2.73 bits per heavy atom. The number of nitrogen functional groups attached to an aromatic ring is 1. The van der Waals surface area contributed by atoms with Crippen LogP contribution in [0.3, 0.4) is 0 Å². The quantitative estimate of drug-likeness (QED) is 0.637. The van der Waals surface area contributed by atoms with Gasteiger partial charge in [0.05, 0.1) is 30.0 Å². The van der Waals surface area contributed by atoms with Crippen LogP contribution in [0, 0.1) is 0 Å². The molecule has 2 N–H and O–H groups in total. The van der Waals surface area contributed by atoms with E-state index in [4.69, 9.17) is 26.8 Å². The lowest BCUT2D eigenvalue weighted by Gasteiger charge is -2.10. The van der Waals surface area contributed by atoms with E-state index in [0.29, 0.717) is 17.4 Å². The van der Waals surface area contributed by atoms with Crippen molar-refractivity contribution in [2.45, 2.75) is 6.92 Å². The third-order valence-corrected chi connectivity index (χ3v) is 2.15. The number of carbonyl (C=O) groups is 1. The van der Waals surface area contributed by atoms with Gasteiger partial charge in [0.25, 0.3) is 0 Å². The number of ether oxygens (including phenoxy) is 2. The zero-order chi connectivity index (χ0) is 11.4. The molecule has 5 heteroatoms. The van der Waals surface area contributed by atoms with Gasteiger partial charge in [-0.15, -0.1) is 0 Å². The smallest absolute Gasteiger partial charge is 0.340 e. The Bertz CT molecular complexity index is 379. The average Bonchev–Trinajstić information content (AvgIpc) is 2.18. The Labute approximate surface area is 92.9 Å². The predicted molar refractivity (Wildman–Crippen MR) is 58.4 cm³/mol. The molecule has 1 aromatic rings. The molecule has 15 heavy (non-hydrogen) atoms. The van der Waals surface area contributed by atoms with E-state index in [9.17, 15) is 4.79 Å². The van der Waals surface area contributed by atoms with Gasteiger partial charge >= 0.3 is 5.97 Å². The number of rotatable bonds is 3. The van der Waals surface area contributed by atoms with Gasteiger partial charge in [0.1, 0.15) is 0 Å². The van der Waals surface area contributed by atoms with E-state index in [1.165, 1.54) is 13.2 Å². The summed E-state index contributed by atoms with van der Waals surface area (Å²) in [7, 11) is 1.44. The maximum Gasteiger partial charge on any atom is 0.340 e. The van der Waals surface area contributed by atoms with Crippen molar-refractivity contribution in [2.24, 2.45) is 0 Å². The van der Waals surface area contributed by atoms with Crippen molar-refractivity contribution >= 4 is 23.3 Å². The molecule has 4 nitrogen and oxygen atoms in total. The average molecular weight is 230 g/mol. The summed E-state index contributed by atoms with van der Waals surface area (Å²) in [5.74, 6) is -0.188. The molecule has 0 aliphatic carbocycles. The van der Waals surface area contributed by atoms with Crippen LogP contribution >= 0.6 is 11.6 Å². The largest absolute Gasteiger partial charge is 0.493 e. The van der Waals surface area contributed by atoms with Gasteiger partial charge in [0.15, 0.2) is 5.75 Å². The van der Waals surface area contributed by atoms with Crippen molar-refractivity contribution in [2.75, 3.05) is 19.5 Å². The second kappa shape index (κ2) is 4.89. The summed E-state index contributed by atoms with van der Waals surface area (Å²) in [6.45, 7) is 2.02. The summed E-state index contributed by atoms with van der Waals surface area (Å²) >= 11 is 5.83. The second-order valence-corrected chi connectivity index (χ2v) is 3.17. The molecule has 0 amide bonds. The van der Waals surface area contributed by atoms with Gasteiger partial charge in [0.2, 0.25) is 0 Å². The lowest BCUT2D eigenvalue weighted by atomic mass is 10.1. The second-order valence-electron chi connectivity index (χ2n) is 2.76. The van der Waals surface area contributed by atoms with Crippen LogP contribution in [0.1, 0.15) is 17.3 Å². The molecule has 0 bridgehead atoms. The molecule has 0 atom stereocenters. The topological polar surface area (TPSA) is 61.5 Å². The minimum Gasteiger partial charge on any atom is -0.493 e. The van der Waals surface area contributed by atoms with Gasteiger partial charge in [-0.3, -0.25) is 0 Å². The third kappa shape index (κ3) is 2.33. The van der Waals surface area contributed by atoms with Crippen LogP contribution < -0.4 is 10.5 Å². The van der Waals surface area contributed by atoms with Crippen LogP contribution in [0.4, 0.5) is 5.69 Å². The lowest BCUT2D eigenvalue weighted by Crippen LogP contribution is -2.09. The highest BCUT2D eigenvalue weighted by molar-refractivity contribution is 6.32. The fraction of sp³-hybridized carbons (Fsp3) is 0.300. The van der Waals surface area contributed by atoms with E-state index in [2.05, 4.69) is 0 Å². The van der Waals surface area contributed by atoms with Crippen molar-refractivity contribution in [1.82, 2.24) is 0 Å². The summed E-state index contributed by atoms with van der Waals surface area (Å²) in [4.78, 5) is 11.4. The van der Waals surface area contributed by atoms with E-state index >= 15 is 0 Å². The number of hydrogen-bond donors (Lipinski definition) is 1. The van der Waals surface area contributed by atoms with Crippen molar-refractivity contribution in [1.29, 1.82) is 0 Å². The van der Waals surface area contributed by atoms with Crippen LogP contribution in [0.15, 0.2) is 12.1 Å². The zero-order valence-corrected chi connectivity index (χ0v) is 9.30. The van der Waals surface area contributed by atoms with Gasteiger partial charge in [-0.1, -0.05) is 11.6 Å². The first-order valence-electron chi connectivity index (χ1n) is 4.40. The molecule has 0 saturated heterocycles. The standard InChI is InChI=1S/C10H12ClNO3/c1-3-15-10(13)6-4-5-7(11)9(14-2)8(6)12/h4-5H,3,12H2,1-2H3. The van der Waals surface area contributed by atoms with Crippen LogP contribution in [-0.4, -0.2) is 19.7 Å². The first kappa shape index (κ1) is 11.7. The number of esters is 1. The summed E-state index contributed by atoms with van der Waals surface area (Å²) in [5, 5.41) is 0.364. The maximum absolute atomic E-state index is 11.4. The highest BCUT2D eigenvalue weighted by atomic mass is 35.5. The van der Waals surface area contributed by atoms with E-state index in [-0.39, 0.29) is 11.3 Å². The minimum absolute atomic E-state index is 0.198. The van der Waals surface area contributed by atoms with Gasteiger partial charge < -0.3 is 15.2 Å². The summed E-state index contributed by atoms with van der Waals surface area (Å²) < 4.78 is 9.81. The van der Waals surface area contributed by atoms with E-state index in [0.717, 1.165) is 0 Å². The van der Waals surface area contributed by atoms with Gasteiger partial charge in [-0.2, -0.15) is 0 Å². The van der Waals surface area contributed by atoms with Gasteiger partial charge in [-0.25, -0.2) is 4.79 Å². The molecule has 82 valence electrons. The Morgan fingerprint density at radius 2 is 2.20 bits per heavy atom. The number of benzene rings is 1. The van der Waals surface area contributed by atoms with Gasteiger partial charge in [-0.05, 0) is 19.1 Å². The molecular weight excluding hydrogens is 218 g/mol. The van der Waals surface area contributed by atoms with Crippen molar-refractivity contribution < 1.29 is 14.3 Å². The lowest BCUT2D eigenvalue weighted by molar-refractivity contribution is 0.0527. The Balaban J connectivity index is 3.15. The third-order valence-electron chi connectivity index (χ3n) is 1.85. The molecule has 0 aromatic heterocycles. The molecule has 0 spiro atoms. The molecule has 1 aromatic carbocycles. The normalized spacial score (nSPS) is 9.80. The number of nitrogens with two attached hydrogens (primary N) is 1. The molecular formula is C10H12ClNO3. The summed E-state index contributed by atoms with van der Waals surface area (Å²) in [6, 6.07) is 3.06. The maximum atomic E-state index is 11.4. The number of halogens is 1. The molecule has 0 heterocycles. The molecule has 0 unspecified atom stereocenters. The molecule has 0 fully saturated rings. The van der Waals surface area contributed by atoms with Crippen molar-refractivity contribution in [3.05, 3.63) is 22.7 Å².